The molecule has 2 rings (SSSR count). The van der Waals surface area contributed by atoms with Gasteiger partial charge in [-0.15, -0.1) is 35.3 Å². The molecule has 8 heteroatoms. The fourth-order valence-electron chi connectivity index (χ4n) is 2.11. The molecule has 0 aliphatic rings. The van der Waals surface area contributed by atoms with Crippen LogP contribution in [0.15, 0.2) is 21.6 Å². The minimum atomic E-state index is 0. The van der Waals surface area contributed by atoms with Gasteiger partial charge in [0.2, 0.25) is 5.89 Å². The second-order valence-electron chi connectivity index (χ2n) is 5.25. The third-order valence-corrected chi connectivity index (χ3v) is 4.13. The highest BCUT2D eigenvalue weighted by Crippen LogP contribution is 2.16. The number of guanidine groups is 1. The van der Waals surface area contributed by atoms with Crippen LogP contribution in [-0.2, 0) is 12.8 Å². The van der Waals surface area contributed by atoms with Gasteiger partial charge in [-0.1, -0.05) is 5.16 Å². The highest BCUT2D eigenvalue weighted by atomic mass is 127. The molecule has 0 bridgehead atoms. The first-order chi connectivity index (χ1) is 10.6. The zero-order valence-corrected chi connectivity index (χ0v) is 17.1. The molecule has 0 spiro atoms. The van der Waals surface area contributed by atoms with Gasteiger partial charge in [-0.05, 0) is 32.9 Å². The molecule has 0 fully saturated rings. The van der Waals surface area contributed by atoms with Gasteiger partial charge < -0.3 is 15.2 Å². The Morgan fingerprint density at radius 2 is 2.17 bits per heavy atom. The van der Waals surface area contributed by atoms with Crippen LogP contribution >= 0.6 is 35.3 Å². The lowest BCUT2D eigenvalue weighted by Crippen LogP contribution is -2.43. The first-order valence-corrected chi connectivity index (χ1v) is 8.20. The maximum absolute atomic E-state index is 5.08. The van der Waals surface area contributed by atoms with E-state index in [-0.39, 0.29) is 24.0 Å². The van der Waals surface area contributed by atoms with Crippen LogP contribution in [0.25, 0.3) is 0 Å². The summed E-state index contributed by atoms with van der Waals surface area (Å²) in [6, 6.07) is 4.66. The van der Waals surface area contributed by atoms with E-state index < -0.39 is 0 Å². The van der Waals surface area contributed by atoms with Gasteiger partial charge in [0.15, 0.2) is 11.8 Å². The number of nitrogens with one attached hydrogen (secondary N) is 2. The molecule has 2 aromatic rings. The van der Waals surface area contributed by atoms with Crippen LogP contribution in [0.3, 0.4) is 0 Å². The van der Waals surface area contributed by atoms with Crippen LogP contribution in [0.1, 0.15) is 28.4 Å². The summed E-state index contributed by atoms with van der Waals surface area (Å²) in [7, 11) is 1.77. The van der Waals surface area contributed by atoms with E-state index in [4.69, 9.17) is 4.52 Å². The van der Waals surface area contributed by atoms with Crippen LogP contribution < -0.4 is 10.6 Å². The molecular weight excluding hydrogens is 425 g/mol. The average Bonchev–Trinajstić information content (AvgIpc) is 3.06. The molecule has 0 saturated carbocycles. The first-order valence-electron chi connectivity index (χ1n) is 7.38. The Labute approximate surface area is 158 Å². The van der Waals surface area contributed by atoms with E-state index in [0.717, 1.165) is 12.4 Å². The van der Waals surface area contributed by atoms with Gasteiger partial charge in [0, 0.05) is 42.2 Å². The molecule has 0 aromatic carbocycles. The highest BCUT2D eigenvalue weighted by Gasteiger charge is 2.08. The molecule has 2 heterocycles. The second kappa shape index (κ2) is 9.86. The summed E-state index contributed by atoms with van der Waals surface area (Å²) >= 11 is 1.84. The van der Waals surface area contributed by atoms with Crippen molar-refractivity contribution in [2.24, 2.45) is 4.99 Å². The van der Waals surface area contributed by atoms with Gasteiger partial charge in [-0.2, -0.15) is 4.98 Å². The molecule has 128 valence electrons. The van der Waals surface area contributed by atoms with Gasteiger partial charge >= 0.3 is 0 Å². The number of aryl methyl sites for hydroxylation is 2. The summed E-state index contributed by atoms with van der Waals surface area (Å²) in [5.41, 5.74) is 0. The molecule has 0 aliphatic heterocycles. The van der Waals surface area contributed by atoms with Crippen molar-refractivity contribution < 1.29 is 4.52 Å². The van der Waals surface area contributed by atoms with Crippen molar-refractivity contribution in [1.82, 2.24) is 20.8 Å². The first kappa shape index (κ1) is 19.9. The van der Waals surface area contributed by atoms with E-state index in [1.54, 1.807) is 7.05 Å². The summed E-state index contributed by atoms with van der Waals surface area (Å²) in [6.07, 6.45) is 1.67. The van der Waals surface area contributed by atoms with E-state index >= 15 is 0 Å². The Hall–Kier alpha value is -1.16. The number of hydrogen-bond donors (Lipinski definition) is 2. The number of hydrogen-bond acceptors (Lipinski definition) is 5. The van der Waals surface area contributed by atoms with Gasteiger partial charge in [0.05, 0.1) is 0 Å². The number of aliphatic imine (C=N–C) groups is 1. The Balaban J connectivity index is 0.00000264. The van der Waals surface area contributed by atoms with Crippen LogP contribution in [-0.4, -0.2) is 35.7 Å². The van der Waals surface area contributed by atoms with Crippen molar-refractivity contribution in [3.05, 3.63) is 33.6 Å². The molecule has 0 aliphatic carbocycles. The SMILES string of the molecule is CN=C(NCCc1nc(C)no1)NC(C)Cc1ccc(C)s1.I. The molecule has 0 saturated heterocycles. The fourth-order valence-corrected chi connectivity index (χ4v) is 3.12. The fraction of sp³-hybridized carbons (Fsp3) is 0.533. The van der Waals surface area contributed by atoms with Crippen LogP contribution in [0, 0.1) is 13.8 Å². The summed E-state index contributed by atoms with van der Waals surface area (Å²) in [5, 5.41) is 10.4. The maximum atomic E-state index is 5.08. The molecule has 2 aromatic heterocycles. The van der Waals surface area contributed by atoms with Crippen molar-refractivity contribution in [2.45, 2.75) is 39.7 Å². The Morgan fingerprint density at radius 1 is 1.39 bits per heavy atom. The minimum Gasteiger partial charge on any atom is -0.356 e. The van der Waals surface area contributed by atoms with E-state index in [2.05, 4.69) is 51.7 Å². The van der Waals surface area contributed by atoms with Crippen molar-refractivity contribution >= 4 is 41.3 Å². The number of halogens is 1. The Morgan fingerprint density at radius 3 is 2.74 bits per heavy atom. The molecule has 0 radical (unpaired) electrons. The molecule has 1 atom stereocenters. The predicted molar refractivity (Wildman–Crippen MR) is 105 cm³/mol. The number of thiophene rings is 1. The van der Waals surface area contributed by atoms with E-state index in [0.29, 0.717) is 30.7 Å². The third kappa shape index (κ3) is 6.86. The number of aromatic nitrogens is 2. The minimum absolute atomic E-state index is 0. The molecule has 1 unspecified atom stereocenters. The van der Waals surface area contributed by atoms with E-state index in [1.807, 2.05) is 18.3 Å². The standard InChI is InChI=1S/C15H23N5OS.HI/c1-10(9-13-6-5-11(2)22-13)18-15(16-4)17-8-7-14-19-12(3)20-21-14;/h5-6,10H,7-9H2,1-4H3,(H2,16,17,18);1H. The maximum Gasteiger partial charge on any atom is 0.228 e. The monoisotopic (exact) mass is 449 g/mol. The summed E-state index contributed by atoms with van der Waals surface area (Å²) in [6.45, 7) is 6.80. The normalized spacial score (nSPS) is 12.6. The van der Waals surface area contributed by atoms with Crippen LogP contribution in [0.4, 0.5) is 0 Å². The third-order valence-electron chi connectivity index (χ3n) is 3.11. The van der Waals surface area contributed by atoms with Crippen molar-refractivity contribution in [2.75, 3.05) is 13.6 Å². The topological polar surface area (TPSA) is 75.3 Å². The van der Waals surface area contributed by atoms with Gasteiger partial charge in [0.25, 0.3) is 0 Å². The van der Waals surface area contributed by atoms with Crippen LogP contribution in [0.5, 0.6) is 0 Å². The largest absolute Gasteiger partial charge is 0.356 e. The lowest BCUT2D eigenvalue weighted by Gasteiger charge is -2.17. The predicted octanol–water partition coefficient (Wildman–Crippen LogP) is 2.70. The lowest BCUT2D eigenvalue weighted by atomic mass is 10.2. The molecule has 6 nitrogen and oxygen atoms in total. The van der Waals surface area contributed by atoms with Crippen molar-refractivity contribution in [1.29, 1.82) is 0 Å². The zero-order valence-electron chi connectivity index (χ0n) is 13.9. The Bertz CT molecular complexity index is 625. The molecule has 0 amide bonds. The molecule has 2 N–H and O–H groups in total. The quantitative estimate of drug-likeness (QED) is 0.403. The lowest BCUT2D eigenvalue weighted by molar-refractivity contribution is 0.374. The molecule has 23 heavy (non-hydrogen) atoms. The second-order valence-corrected chi connectivity index (χ2v) is 6.62. The summed E-state index contributed by atoms with van der Waals surface area (Å²) in [5.74, 6) is 2.09. The van der Waals surface area contributed by atoms with Crippen molar-refractivity contribution in [3.63, 3.8) is 0 Å². The summed E-state index contributed by atoms with van der Waals surface area (Å²) < 4.78 is 5.08. The smallest absolute Gasteiger partial charge is 0.228 e. The highest BCUT2D eigenvalue weighted by molar-refractivity contribution is 14.0. The van der Waals surface area contributed by atoms with Crippen molar-refractivity contribution in [3.8, 4) is 0 Å². The van der Waals surface area contributed by atoms with E-state index in [1.165, 1.54) is 9.75 Å². The molecular formula is C15H24IN5OS. The van der Waals surface area contributed by atoms with E-state index in [9.17, 15) is 0 Å². The van der Waals surface area contributed by atoms with Gasteiger partial charge in [-0.3, -0.25) is 4.99 Å². The van der Waals surface area contributed by atoms with Crippen LogP contribution in [0.2, 0.25) is 0 Å². The summed E-state index contributed by atoms with van der Waals surface area (Å²) in [4.78, 5) is 11.1. The zero-order chi connectivity index (χ0) is 15.9. The van der Waals surface area contributed by atoms with Gasteiger partial charge in [0.1, 0.15) is 0 Å². The average molecular weight is 449 g/mol. The Kier molecular flexibility index (Phi) is 8.53. The number of nitrogens with zero attached hydrogens (tertiary/aromatic N) is 3. The number of rotatable bonds is 6. The van der Waals surface area contributed by atoms with Gasteiger partial charge in [-0.25, -0.2) is 0 Å².